The first kappa shape index (κ1) is 41.5. The molecule has 2 aliphatic rings. The van der Waals surface area contributed by atoms with Gasteiger partial charge in [0, 0.05) is 32.4 Å². The average molecular weight is 704 g/mol. The van der Waals surface area contributed by atoms with E-state index in [0.717, 1.165) is 12.0 Å². The summed E-state index contributed by atoms with van der Waals surface area (Å²) in [5.74, 6) is -1.78. The van der Waals surface area contributed by atoms with Gasteiger partial charge in [0.05, 0.1) is 36.4 Å². The average Bonchev–Trinajstić information content (AvgIpc) is 3.82. The number of carbonyl (C=O) groups is 2. The Bertz CT molecular complexity index is 1390. The minimum Gasteiger partial charge on any atom is -0.457 e. The van der Waals surface area contributed by atoms with Crippen molar-refractivity contribution in [2.45, 2.75) is 141 Å². The SMILES string of the molecule is CC[C@H](OC)[C@@H](C)[C@H]1O[C@@H]1C(NCc1ccc(C)c(F)c1)C(C)(O)/C=C/C=C(\C)[C@@H]1OC(=O)C[C@H](O)CC[C@@](C)(O)[C@@H](OC(C)=O)/C=C/[C@@H]1C. The van der Waals surface area contributed by atoms with Gasteiger partial charge in [-0.1, -0.05) is 57.2 Å². The molecule has 0 radical (unpaired) electrons. The van der Waals surface area contributed by atoms with Crippen LogP contribution in [0.15, 0.2) is 54.2 Å². The number of aliphatic hydroxyl groups excluding tert-OH is 1. The normalized spacial score (nSPS) is 31.8. The molecule has 2 heterocycles. The lowest BCUT2D eigenvalue weighted by Crippen LogP contribution is -2.52. The van der Waals surface area contributed by atoms with Crippen molar-refractivity contribution < 1.29 is 48.2 Å². The van der Waals surface area contributed by atoms with Crippen LogP contribution in [0, 0.1) is 24.6 Å². The van der Waals surface area contributed by atoms with Gasteiger partial charge in [0.1, 0.15) is 29.7 Å². The maximum absolute atomic E-state index is 14.3. The lowest BCUT2D eigenvalue weighted by atomic mass is 9.87. The number of hydrogen-bond donors (Lipinski definition) is 4. The lowest BCUT2D eigenvalue weighted by molar-refractivity contribution is -0.157. The molecule has 2 unspecified atom stereocenters. The van der Waals surface area contributed by atoms with Gasteiger partial charge < -0.3 is 39.6 Å². The summed E-state index contributed by atoms with van der Waals surface area (Å²) in [7, 11) is 1.68. The Morgan fingerprint density at radius 1 is 1.26 bits per heavy atom. The molecular formula is C39H58FNO9. The Balaban J connectivity index is 1.88. The van der Waals surface area contributed by atoms with Gasteiger partial charge in [0.2, 0.25) is 0 Å². The molecule has 10 nitrogen and oxygen atoms in total. The first-order chi connectivity index (χ1) is 23.4. The van der Waals surface area contributed by atoms with E-state index in [1.54, 1.807) is 64.3 Å². The third-order valence-electron chi connectivity index (χ3n) is 9.95. The van der Waals surface area contributed by atoms with Crippen molar-refractivity contribution in [2.24, 2.45) is 11.8 Å². The monoisotopic (exact) mass is 703 g/mol. The number of ether oxygens (including phenoxy) is 4. The van der Waals surface area contributed by atoms with Gasteiger partial charge in [-0.3, -0.25) is 9.59 Å². The molecule has 0 spiro atoms. The molecule has 1 fully saturated rings. The van der Waals surface area contributed by atoms with E-state index >= 15 is 0 Å². The number of cyclic esters (lactones) is 1. The van der Waals surface area contributed by atoms with Gasteiger partial charge in [-0.2, -0.15) is 0 Å². The predicted molar refractivity (Wildman–Crippen MR) is 188 cm³/mol. The molecular weight excluding hydrogens is 645 g/mol. The smallest absolute Gasteiger partial charge is 0.309 e. The van der Waals surface area contributed by atoms with E-state index in [1.165, 1.54) is 19.9 Å². The summed E-state index contributed by atoms with van der Waals surface area (Å²) in [6.07, 6.45) is 5.88. The summed E-state index contributed by atoms with van der Waals surface area (Å²) in [6, 6.07) is 4.49. The lowest BCUT2D eigenvalue weighted by Gasteiger charge is -2.32. The molecule has 0 amide bonds. The number of aryl methyl sites for hydroxylation is 1. The zero-order chi connectivity index (χ0) is 37.4. The van der Waals surface area contributed by atoms with E-state index in [-0.39, 0.29) is 49.3 Å². The maximum atomic E-state index is 14.3. The number of epoxide rings is 1. The number of methoxy groups -OCH3 is 1. The maximum Gasteiger partial charge on any atom is 0.309 e. The van der Waals surface area contributed by atoms with Crippen LogP contribution in [-0.4, -0.2) is 88.2 Å². The van der Waals surface area contributed by atoms with E-state index in [2.05, 4.69) is 19.2 Å². The van der Waals surface area contributed by atoms with Crippen LogP contribution in [0.2, 0.25) is 0 Å². The fourth-order valence-corrected chi connectivity index (χ4v) is 6.64. The second-order valence-electron chi connectivity index (χ2n) is 14.5. The van der Waals surface area contributed by atoms with Crippen LogP contribution >= 0.6 is 0 Å². The van der Waals surface area contributed by atoms with Crippen molar-refractivity contribution in [3.05, 3.63) is 71.1 Å². The summed E-state index contributed by atoms with van der Waals surface area (Å²) in [6.45, 7) is 14.2. The van der Waals surface area contributed by atoms with Crippen molar-refractivity contribution >= 4 is 11.9 Å². The summed E-state index contributed by atoms with van der Waals surface area (Å²) < 4.78 is 37.4. The number of aliphatic hydroxyl groups is 3. The van der Waals surface area contributed by atoms with Gasteiger partial charge in [0.15, 0.2) is 0 Å². The van der Waals surface area contributed by atoms with Crippen molar-refractivity contribution in [2.75, 3.05) is 7.11 Å². The number of hydrogen-bond acceptors (Lipinski definition) is 10. The fraction of sp³-hybridized carbons (Fsp3) is 0.641. The molecule has 0 saturated carbocycles. The van der Waals surface area contributed by atoms with Gasteiger partial charge in [-0.25, -0.2) is 4.39 Å². The zero-order valence-corrected chi connectivity index (χ0v) is 31.0. The van der Waals surface area contributed by atoms with Crippen LogP contribution in [-0.2, 0) is 35.1 Å². The van der Waals surface area contributed by atoms with Crippen molar-refractivity contribution in [1.29, 1.82) is 0 Å². The minimum atomic E-state index is -1.47. The molecule has 2 aliphatic heterocycles. The first-order valence-corrected chi connectivity index (χ1v) is 17.6. The number of rotatable bonds is 13. The van der Waals surface area contributed by atoms with E-state index < -0.39 is 53.4 Å². The van der Waals surface area contributed by atoms with E-state index in [0.29, 0.717) is 17.7 Å². The zero-order valence-electron chi connectivity index (χ0n) is 31.0. The van der Waals surface area contributed by atoms with Gasteiger partial charge in [-0.15, -0.1) is 0 Å². The number of esters is 2. The highest BCUT2D eigenvalue weighted by molar-refractivity contribution is 5.70. The van der Waals surface area contributed by atoms with Crippen LogP contribution in [0.4, 0.5) is 4.39 Å². The standard InChI is InChI=1S/C39H58FNO9/c1-10-31(47-9)26(5)35-36(50-35)37(41-22-28-15-13-23(2)30(40)20-28)39(8,46)18-11-12-24(3)34-25(4)14-16-32(48-27(6)42)38(7,45)19-17-29(43)21-33(44)49-34/h11-16,18,20,25-26,29,31-32,34-37,41,43,45-46H,10,17,19,21-22H2,1-9H3/b16-14+,18-11+,24-12+/t25-,26+,29+,31-,32-,34-,35+,36-,37?,38+,39?/m0/s1. The molecule has 280 valence electrons. The highest BCUT2D eigenvalue weighted by atomic mass is 19.1. The Morgan fingerprint density at radius 2 is 1.96 bits per heavy atom. The number of carbonyl (C=O) groups excluding carboxylic acids is 2. The van der Waals surface area contributed by atoms with E-state index in [4.69, 9.17) is 18.9 Å². The van der Waals surface area contributed by atoms with E-state index in [9.17, 15) is 29.3 Å². The molecule has 1 saturated heterocycles. The largest absolute Gasteiger partial charge is 0.457 e. The Morgan fingerprint density at radius 3 is 2.58 bits per heavy atom. The third-order valence-corrected chi connectivity index (χ3v) is 9.95. The van der Waals surface area contributed by atoms with Gasteiger partial charge >= 0.3 is 11.9 Å². The Labute approximate surface area is 296 Å². The number of nitrogens with one attached hydrogen (secondary N) is 1. The molecule has 3 rings (SSSR count). The summed E-state index contributed by atoms with van der Waals surface area (Å²) in [5, 5.41) is 36.9. The van der Waals surface area contributed by atoms with Crippen LogP contribution < -0.4 is 5.32 Å². The quantitative estimate of drug-likeness (QED) is 0.0958. The topological polar surface area (TPSA) is 147 Å². The molecule has 1 aromatic rings. The Hall–Kier alpha value is -2.93. The highest BCUT2D eigenvalue weighted by Gasteiger charge is 2.54. The first-order valence-electron chi connectivity index (χ1n) is 17.6. The Kier molecular flexibility index (Phi) is 15.0. The van der Waals surface area contributed by atoms with Crippen LogP contribution in [0.3, 0.4) is 0 Å². The summed E-state index contributed by atoms with van der Waals surface area (Å²) >= 11 is 0. The highest BCUT2D eigenvalue weighted by Crippen LogP contribution is 2.39. The van der Waals surface area contributed by atoms with Crippen molar-refractivity contribution in [3.63, 3.8) is 0 Å². The third kappa shape index (κ3) is 11.5. The molecule has 50 heavy (non-hydrogen) atoms. The van der Waals surface area contributed by atoms with Crippen LogP contribution in [0.5, 0.6) is 0 Å². The van der Waals surface area contributed by atoms with Gasteiger partial charge in [0.25, 0.3) is 0 Å². The second kappa shape index (κ2) is 18.0. The van der Waals surface area contributed by atoms with Gasteiger partial charge in [-0.05, 0) is 75.8 Å². The van der Waals surface area contributed by atoms with Crippen molar-refractivity contribution in [1.82, 2.24) is 5.32 Å². The molecule has 11 heteroatoms. The van der Waals surface area contributed by atoms with Crippen molar-refractivity contribution in [3.8, 4) is 0 Å². The molecule has 0 aromatic heterocycles. The molecule has 4 N–H and O–H groups in total. The van der Waals surface area contributed by atoms with E-state index in [1.807, 2.05) is 13.0 Å². The molecule has 0 bridgehead atoms. The number of halogens is 1. The molecule has 0 aliphatic carbocycles. The number of benzene rings is 1. The molecule has 11 atom stereocenters. The fourth-order valence-electron chi connectivity index (χ4n) is 6.64. The van der Waals surface area contributed by atoms with Crippen LogP contribution in [0.1, 0.15) is 85.3 Å². The minimum absolute atomic E-state index is 0.0100. The predicted octanol–water partition coefficient (Wildman–Crippen LogP) is 5.01. The molecule has 1 aromatic carbocycles. The van der Waals surface area contributed by atoms with Crippen LogP contribution in [0.25, 0.3) is 0 Å². The second-order valence-corrected chi connectivity index (χ2v) is 14.5. The summed E-state index contributed by atoms with van der Waals surface area (Å²) in [4.78, 5) is 24.7. The number of allylic oxidation sites excluding steroid dienone is 2. The summed E-state index contributed by atoms with van der Waals surface area (Å²) in [5.41, 5.74) is -0.950.